The Kier molecular flexibility index (Phi) is 3.74. The van der Waals surface area contributed by atoms with E-state index in [9.17, 15) is 24.5 Å². The highest BCUT2D eigenvalue weighted by molar-refractivity contribution is 6.03. The Labute approximate surface area is 113 Å². The fourth-order valence-electron chi connectivity index (χ4n) is 1.81. The van der Waals surface area contributed by atoms with Crippen LogP contribution in [0.15, 0.2) is 24.3 Å². The SMILES string of the molecule is O=C1CCC(NC(=O)c2ccc([N+](=O)[O-])cc2)C(=O)N1. The van der Waals surface area contributed by atoms with Crippen LogP contribution in [0.3, 0.4) is 0 Å². The van der Waals surface area contributed by atoms with E-state index < -0.39 is 22.8 Å². The number of amides is 3. The highest BCUT2D eigenvalue weighted by atomic mass is 16.6. The summed E-state index contributed by atoms with van der Waals surface area (Å²) in [7, 11) is 0. The number of hydrogen-bond donors (Lipinski definition) is 2. The molecule has 0 spiro atoms. The average molecular weight is 277 g/mol. The summed E-state index contributed by atoms with van der Waals surface area (Å²) in [6.07, 6.45) is 0.403. The molecule has 104 valence electrons. The minimum Gasteiger partial charge on any atom is -0.340 e. The van der Waals surface area contributed by atoms with Crippen LogP contribution in [0.4, 0.5) is 5.69 Å². The molecule has 2 N–H and O–H groups in total. The summed E-state index contributed by atoms with van der Waals surface area (Å²) in [5, 5.41) is 15.1. The van der Waals surface area contributed by atoms with Crippen LogP contribution >= 0.6 is 0 Å². The molecule has 1 saturated heterocycles. The van der Waals surface area contributed by atoms with Crippen molar-refractivity contribution in [2.75, 3.05) is 0 Å². The highest BCUT2D eigenvalue weighted by Crippen LogP contribution is 2.12. The maximum absolute atomic E-state index is 11.9. The average Bonchev–Trinajstić information content (AvgIpc) is 2.42. The zero-order chi connectivity index (χ0) is 14.7. The van der Waals surface area contributed by atoms with E-state index in [4.69, 9.17) is 0 Å². The summed E-state index contributed by atoms with van der Waals surface area (Å²) >= 11 is 0. The molecule has 8 heteroatoms. The first-order valence-corrected chi connectivity index (χ1v) is 5.86. The zero-order valence-corrected chi connectivity index (χ0v) is 10.3. The molecule has 3 amide bonds. The van der Waals surface area contributed by atoms with Gasteiger partial charge in [0.25, 0.3) is 11.6 Å². The van der Waals surface area contributed by atoms with Crippen molar-refractivity contribution in [1.29, 1.82) is 0 Å². The molecule has 0 radical (unpaired) electrons. The molecule has 1 aromatic rings. The molecule has 1 heterocycles. The molecule has 0 aromatic heterocycles. The molecule has 1 aromatic carbocycles. The molecule has 1 aliphatic rings. The minimum absolute atomic E-state index is 0.123. The van der Waals surface area contributed by atoms with Crippen LogP contribution in [0.2, 0.25) is 0 Å². The number of nitrogens with zero attached hydrogens (tertiary/aromatic N) is 1. The van der Waals surface area contributed by atoms with Gasteiger partial charge in [-0.1, -0.05) is 0 Å². The van der Waals surface area contributed by atoms with Crippen molar-refractivity contribution in [3.8, 4) is 0 Å². The van der Waals surface area contributed by atoms with E-state index in [1.807, 2.05) is 0 Å². The molecule has 20 heavy (non-hydrogen) atoms. The molecule has 1 unspecified atom stereocenters. The van der Waals surface area contributed by atoms with Crippen molar-refractivity contribution in [3.05, 3.63) is 39.9 Å². The second kappa shape index (κ2) is 5.47. The van der Waals surface area contributed by atoms with Crippen molar-refractivity contribution < 1.29 is 19.3 Å². The molecule has 1 fully saturated rings. The van der Waals surface area contributed by atoms with Crippen LogP contribution in [0.1, 0.15) is 23.2 Å². The fourth-order valence-corrected chi connectivity index (χ4v) is 1.81. The number of imide groups is 1. The predicted octanol–water partition coefficient (Wildman–Crippen LogP) is 0.130. The van der Waals surface area contributed by atoms with E-state index >= 15 is 0 Å². The van der Waals surface area contributed by atoms with Gasteiger partial charge in [-0.2, -0.15) is 0 Å². The number of piperidine rings is 1. The van der Waals surface area contributed by atoms with Crippen LogP contribution < -0.4 is 10.6 Å². The highest BCUT2D eigenvalue weighted by Gasteiger charge is 2.28. The molecule has 0 saturated carbocycles. The monoisotopic (exact) mass is 277 g/mol. The largest absolute Gasteiger partial charge is 0.340 e. The summed E-state index contributed by atoms with van der Waals surface area (Å²) < 4.78 is 0. The maximum Gasteiger partial charge on any atom is 0.269 e. The Bertz CT molecular complexity index is 581. The second-order valence-electron chi connectivity index (χ2n) is 4.28. The van der Waals surface area contributed by atoms with Gasteiger partial charge in [0, 0.05) is 24.1 Å². The van der Waals surface area contributed by atoms with Gasteiger partial charge in [0.2, 0.25) is 11.8 Å². The van der Waals surface area contributed by atoms with Crippen LogP contribution in [0.5, 0.6) is 0 Å². The summed E-state index contributed by atoms with van der Waals surface area (Å²) in [5.74, 6) is -1.43. The molecule has 2 rings (SSSR count). The van der Waals surface area contributed by atoms with E-state index in [1.54, 1.807) is 0 Å². The quantitative estimate of drug-likeness (QED) is 0.462. The summed E-state index contributed by atoms with van der Waals surface area (Å²) in [6.45, 7) is 0. The van der Waals surface area contributed by atoms with Crippen LogP contribution in [-0.2, 0) is 9.59 Å². The summed E-state index contributed by atoms with van der Waals surface area (Å²) in [4.78, 5) is 44.2. The zero-order valence-electron chi connectivity index (χ0n) is 10.3. The Morgan fingerprint density at radius 1 is 1.30 bits per heavy atom. The molecule has 0 bridgehead atoms. The van der Waals surface area contributed by atoms with Gasteiger partial charge in [-0.25, -0.2) is 0 Å². The molecule has 1 aliphatic heterocycles. The van der Waals surface area contributed by atoms with Crippen LogP contribution in [-0.4, -0.2) is 28.7 Å². The Morgan fingerprint density at radius 3 is 2.50 bits per heavy atom. The number of nitro benzene ring substituents is 1. The maximum atomic E-state index is 11.9. The lowest BCUT2D eigenvalue weighted by Gasteiger charge is -2.21. The van der Waals surface area contributed by atoms with Crippen molar-refractivity contribution in [2.45, 2.75) is 18.9 Å². The van der Waals surface area contributed by atoms with Gasteiger partial charge < -0.3 is 5.32 Å². The lowest BCUT2D eigenvalue weighted by Crippen LogP contribution is -2.52. The van der Waals surface area contributed by atoms with E-state index in [0.717, 1.165) is 0 Å². The van der Waals surface area contributed by atoms with Crippen molar-refractivity contribution in [1.82, 2.24) is 10.6 Å². The van der Waals surface area contributed by atoms with E-state index in [-0.39, 0.29) is 30.0 Å². The number of rotatable bonds is 3. The number of carbonyl (C=O) groups excluding carboxylic acids is 3. The Hall–Kier alpha value is -2.77. The summed E-state index contributed by atoms with van der Waals surface area (Å²) in [5.41, 5.74) is 0.0860. The third kappa shape index (κ3) is 2.97. The third-order valence-electron chi connectivity index (χ3n) is 2.88. The predicted molar refractivity (Wildman–Crippen MR) is 66.7 cm³/mol. The normalized spacial score (nSPS) is 18.3. The molecule has 1 atom stereocenters. The first-order chi connectivity index (χ1) is 9.47. The van der Waals surface area contributed by atoms with Crippen molar-refractivity contribution >= 4 is 23.4 Å². The van der Waals surface area contributed by atoms with Gasteiger partial charge in [-0.3, -0.25) is 29.8 Å². The minimum atomic E-state index is -0.768. The number of nitro groups is 1. The van der Waals surface area contributed by atoms with Gasteiger partial charge in [-0.15, -0.1) is 0 Å². The smallest absolute Gasteiger partial charge is 0.269 e. The number of non-ortho nitro benzene ring substituents is 1. The molecular weight excluding hydrogens is 266 g/mol. The van der Waals surface area contributed by atoms with E-state index in [1.165, 1.54) is 24.3 Å². The lowest BCUT2D eigenvalue weighted by atomic mass is 10.1. The lowest BCUT2D eigenvalue weighted by molar-refractivity contribution is -0.384. The molecule has 0 aliphatic carbocycles. The summed E-state index contributed by atoms with van der Waals surface area (Å²) in [6, 6.07) is 4.26. The van der Waals surface area contributed by atoms with E-state index in [2.05, 4.69) is 10.6 Å². The van der Waals surface area contributed by atoms with Gasteiger partial charge in [-0.05, 0) is 18.6 Å². The third-order valence-corrected chi connectivity index (χ3v) is 2.88. The van der Waals surface area contributed by atoms with Crippen LogP contribution in [0.25, 0.3) is 0 Å². The Morgan fingerprint density at radius 2 is 1.95 bits per heavy atom. The standard InChI is InChI=1S/C12H11N3O5/c16-10-6-5-9(12(18)14-10)13-11(17)7-1-3-8(4-2-7)15(19)20/h1-4,9H,5-6H2,(H,13,17)(H,14,16,18). The number of nitrogens with one attached hydrogen (secondary N) is 2. The van der Waals surface area contributed by atoms with Gasteiger partial charge in [0.1, 0.15) is 6.04 Å². The molecule has 8 nitrogen and oxygen atoms in total. The Balaban J connectivity index is 2.03. The molecular formula is C12H11N3O5. The topological polar surface area (TPSA) is 118 Å². The fraction of sp³-hybridized carbons (Fsp3) is 0.250. The number of hydrogen-bond acceptors (Lipinski definition) is 5. The van der Waals surface area contributed by atoms with Gasteiger partial charge in [0.05, 0.1) is 4.92 Å². The van der Waals surface area contributed by atoms with Crippen molar-refractivity contribution in [2.24, 2.45) is 0 Å². The first-order valence-electron chi connectivity index (χ1n) is 5.86. The first kappa shape index (κ1) is 13.7. The van der Waals surface area contributed by atoms with E-state index in [0.29, 0.717) is 0 Å². The number of carbonyl (C=O) groups is 3. The van der Waals surface area contributed by atoms with Gasteiger partial charge >= 0.3 is 0 Å². The second-order valence-corrected chi connectivity index (χ2v) is 4.28. The van der Waals surface area contributed by atoms with Crippen molar-refractivity contribution in [3.63, 3.8) is 0 Å². The van der Waals surface area contributed by atoms with Crippen LogP contribution in [0, 0.1) is 10.1 Å². The van der Waals surface area contributed by atoms with Gasteiger partial charge in [0.15, 0.2) is 0 Å². The number of benzene rings is 1.